The third-order valence-corrected chi connectivity index (χ3v) is 6.18. The molecule has 1 atom stereocenters. The Morgan fingerprint density at radius 2 is 1.96 bits per heavy atom. The van der Waals surface area contributed by atoms with Gasteiger partial charge in [-0.3, -0.25) is 4.79 Å². The average molecular weight is 403 g/mol. The van der Waals surface area contributed by atoms with Gasteiger partial charge in [0, 0.05) is 24.4 Å². The monoisotopic (exact) mass is 402 g/mol. The van der Waals surface area contributed by atoms with Gasteiger partial charge in [-0.2, -0.15) is 0 Å². The number of hydrogen-bond donors (Lipinski definition) is 2. The van der Waals surface area contributed by atoms with Crippen LogP contribution in [0.5, 0.6) is 0 Å². The fourth-order valence-corrected chi connectivity index (χ4v) is 4.32. The molecule has 1 aliphatic rings. The third-order valence-electron chi connectivity index (χ3n) is 4.76. The molecule has 3 rings (SSSR count). The molecule has 28 heavy (non-hydrogen) atoms. The molecule has 2 aromatic rings. The first kappa shape index (κ1) is 20.5. The normalized spacial score (nSPS) is 17.0. The fraction of sp³-hybridized carbons (Fsp3) is 0.381. The van der Waals surface area contributed by atoms with Crippen molar-refractivity contribution in [3.63, 3.8) is 0 Å². The number of benzene rings is 2. The predicted molar refractivity (Wildman–Crippen MR) is 109 cm³/mol. The van der Waals surface area contributed by atoms with E-state index in [0.717, 1.165) is 24.1 Å². The minimum absolute atomic E-state index is 0.0651. The van der Waals surface area contributed by atoms with Crippen molar-refractivity contribution in [1.29, 1.82) is 0 Å². The molecule has 150 valence electrons. The molecule has 0 aromatic heterocycles. The van der Waals surface area contributed by atoms with Crippen LogP contribution >= 0.6 is 0 Å². The highest BCUT2D eigenvalue weighted by atomic mass is 32.2. The van der Waals surface area contributed by atoms with E-state index >= 15 is 0 Å². The SMILES string of the molecule is CC(C)c1ccccc1NC(=O)c1cccc(S(=O)(=O)NCC2CCCO2)c1. The highest BCUT2D eigenvalue weighted by Gasteiger charge is 2.21. The average Bonchev–Trinajstić information content (AvgIpc) is 3.20. The number of anilines is 1. The van der Waals surface area contributed by atoms with E-state index in [1.165, 1.54) is 12.1 Å². The lowest BCUT2D eigenvalue weighted by molar-refractivity contribution is 0.102. The summed E-state index contributed by atoms with van der Waals surface area (Å²) in [6, 6.07) is 13.7. The van der Waals surface area contributed by atoms with Gasteiger partial charge in [0.2, 0.25) is 10.0 Å². The van der Waals surface area contributed by atoms with Crippen LogP contribution in [-0.4, -0.2) is 33.6 Å². The van der Waals surface area contributed by atoms with Crippen molar-refractivity contribution in [2.24, 2.45) is 0 Å². The molecule has 0 bridgehead atoms. The van der Waals surface area contributed by atoms with Gasteiger partial charge in [-0.05, 0) is 48.6 Å². The maximum absolute atomic E-state index is 12.7. The summed E-state index contributed by atoms with van der Waals surface area (Å²) in [5, 5.41) is 2.89. The zero-order valence-corrected chi connectivity index (χ0v) is 17.0. The first-order valence-electron chi connectivity index (χ1n) is 9.48. The van der Waals surface area contributed by atoms with Gasteiger partial charge in [-0.25, -0.2) is 13.1 Å². The molecule has 1 unspecified atom stereocenters. The smallest absolute Gasteiger partial charge is 0.255 e. The lowest BCUT2D eigenvalue weighted by Gasteiger charge is -2.14. The molecule has 1 aliphatic heterocycles. The Hall–Kier alpha value is -2.22. The molecule has 6 nitrogen and oxygen atoms in total. The van der Waals surface area contributed by atoms with Gasteiger partial charge < -0.3 is 10.1 Å². The number of carbonyl (C=O) groups excluding carboxylic acids is 1. The minimum Gasteiger partial charge on any atom is -0.377 e. The lowest BCUT2D eigenvalue weighted by atomic mass is 10.0. The molecular weight excluding hydrogens is 376 g/mol. The molecule has 1 fully saturated rings. The van der Waals surface area contributed by atoms with Gasteiger partial charge in [0.25, 0.3) is 5.91 Å². The van der Waals surface area contributed by atoms with E-state index in [9.17, 15) is 13.2 Å². The van der Waals surface area contributed by atoms with E-state index in [1.807, 2.05) is 24.3 Å². The number of ether oxygens (including phenoxy) is 1. The minimum atomic E-state index is -3.71. The molecule has 2 aromatic carbocycles. The van der Waals surface area contributed by atoms with Crippen LogP contribution in [0.4, 0.5) is 5.69 Å². The van der Waals surface area contributed by atoms with E-state index in [-0.39, 0.29) is 29.4 Å². The van der Waals surface area contributed by atoms with E-state index in [0.29, 0.717) is 12.2 Å². The van der Waals surface area contributed by atoms with E-state index < -0.39 is 10.0 Å². The molecular formula is C21H26N2O4S. The van der Waals surface area contributed by atoms with Crippen molar-refractivity contribution in [1.82, 2.24) is 4.72 Å². The Bertz CT molecular complexity index is 935. The largest absolute Gasteiger partial charge is 0.377 e. The summed E-state index contributed by atoms with van der Waals surface area (Å²) >= 11 is 0. The summed E-state index contributed by atoms with van der Waals surface area (Å²) < 4.78 is 33.2. The molecule has 7 heteroatoms. The van der Waals surface area contributed by atoms with Gasteiger partial charge in [0.15, 0.2) is 0 Å². The van der Waals surface area contributed by atoms with Crippen molar-refractivity contribution in [2.75, 3.05) is 18.5 Å². The van der Waals surface area contributed by atoms with Gasteiger partial charge in [-0.15, -0.1) is 0 Å². The molecule has 2 N–H and O–H groups in total. The Kier molecular flexibility index (Phi) is 6.49. The first-order valence-corrected chi connectivity index (χ1v) is 11.0. The summed E-state index contributed by atoms with van der Waals surface area (Å²) in [5.74, 6) is -0.0884. The molecule has 0 aliphatic carbocycles. The fourth-order valence-electron chi connectivity index (χ4n) is 3.20. The van der Waals surface area contributed by atoms with Crippen LogP contribution in [0.25, 0.3) is 0 Å². The van der Waals surface area contributed by atoms with Gasteiger partial charge in [0.05, 0.1) is 11.0 Å². The second kappa shape index (κ2) is 8.86. The zero-order valence-electron chi connectivity index (χ0n) is 16.1. The maximum Gasteiger partial charge on any atom is 0.255 e. The van der Waals surface area contributed by atoms with E-state index in [2.05, 4.69) is 23.9 Å². The summed E-state index contributed by atoms with van der Waals surface area (Å²) in [6.45, 7) is 5.01. The van der Waals surface area contributed by atoms with Crippen LogP contribution in [-0.2, 0) is 14.8 Å². The summed E-state index contributed by atoms with van der Waals surface area (Å²) in [6.07, 6.45) is 1.70. The van der Waals surface area contributed by atoms with Gasteiger partial charge >= 0.3 is 0 Å². The Morgan fingerprint density at radius 3 is 2.68 bits per heavy atom. The number of amides is 1. The summed E-state index contributed by atoms with van der Waals surface area (Å²) in [4.78, 5) is 12.8. The van der Waals surface area contributed by atoms with Crippen LogP contribution in [0.15, 0.2) is 53.4 Å². The number of hydrogen-bond acceptors (Lipinski definition) is 4. The second-order valence-electron chi connectivity index (χ2n) is 7.21. The molecule has 1 heterocycles. The number of carbonyl (C=O) groups is 1. The van der Waals surface area contributed by atoms with Crippen molar-refractivity contribution in [2.45, 2.75) is 43.6 Å². The number of rotatable bonds is 7. The topological polar surface area (TPSA) is 84.5 Å². The van der Waals surface area contributed by atoms with E-state index in [1.54, 1.807) is 12.1 Å². The number of para-hydroxylation sites is 1. The van der Waals surface area contributed by atoms with Crippen LogP contribution in [0.3, 0.4) is 0 Å². The number of nitrogens with one attached hydrogen (secondary N) is 2. The zero-order chi connectivity index (χ0) is 20.1. The highest BCUT2D eigenvalue weighted by Crippen LogP contribution is 2.24. The molecule has 0 radical (unpaired) electrons. The highest BCUT2D eigenvalue weighted by molar-refractivity contribution is 7.89. The Labute approximate surface area is 166 Å². The van der Waals surface area contributed by atoms with Crippen molar-refractivity contribution in [3.8, 4) is 0 Å². The van der Waals surface area contributed by atoms with Gasteiger partial charge in [0.1, 0.15) is 0 Å². The van der Waals surface area contributed by atoms with Crippen LogP contribution in [0.2, 0.25) is 0 Å². The standard InChI is InChI=1S/C21H26N2O4S/c1-15(2)19-10-3-4-11-20(19)23-21(24)16-7-5-9-18(13-16)28(25,26)22-14-17-8-6-12-27-17/h3-5,7,9-11,13,15,17,22H,6,8,12,14H2,1-2H3,(H,23,24). The van der Waals surface area contributed by atoms with Crippen molar-refractivity contribution in [3.05, 3.63) is 59.7 Å². The Balaban J connectivity index is 1.74. The molecule has 1 saturated heterocycles. The van der Waals surface area contributed by atoms with Crippen LogP contribution < -0.4 is 10.0 Å². The maximum atomic E-state index is 12.7. The van der Waals surface area contributed by atoms with Crippen LogP contribution in [0, 0.1) is 0 Å². The van der Waals surface area contributed by atoms with Gasteiger partial charge in [-0.1, -0.05) is 38.1 Å². The summed E-state index contributed by atoms with van der Waals surface area (Å²) in [7, 11) is -3.71. The quantitative estimate of drug-likeness (QED) is 0.742. The molecule has 1 amide bonds. The van der Waals surface area contributed by atoms with Crippen LogP contribution in [0.1, 0.15) is 48.5 Å². The van der Waals surface area contributed by atoms with E-state index in [4.69, 9.17) is 4.74 Å². The summed E-state index contributed by atoms with van der Waals surface area (Å²) in [5.41, 5.74) is 2.05. The van der Waals surface area contributed by atoms with Crippen molar-refractivity contribution < 1.29 is 17.9 Å². The first-order chi connectivity index (χ1) is 13.4. The molecule has 0 spiro atoms. The lowest BCUT2D eigenvalue weighted by Crippen LogP contribution is -2.32. The Morgan fingerprint density at radius 1 is 1.18 bits per heavy atom. The number of sulfonamides is 1. The third kappa shape index (κ3) is 4.98. The second-order valence-corrected chi connectivity index (χ2v) is 8.98. The van der Waals surface area contributed by atoms with Crippen molar-refractivity contribution >= 4 is 21.6 Å². The molecule has 0 saturated carbocycles. The predicted octanol–water partition coefficient (Wildman–Crippen LogP) is 3.52.